The first-order valence-corrected chi connectivity index (χ1v) is 11.0. The van der Waals surface area contributed by atoms with Gasteiger partial charge in [-0.3, -0.25) is 14.4 Å². The standard InChI is InChI=1S/C23H22FN5O4.C2H6/c1-14-7-16(5-6-18(14)24)11-27-23(32)20-9-19(28-13-29-20)22(31)26-10-15-3-2-4-17(8-15)33-12-21(25)30;1-2/h2-9,13H,10-12H2,1H3,(H2,25,30)(H,26,31)(H,27,32);1-2H3. The Hall–Kier alpha value is -4.34. The number of halogens is 1. The number of aromatic nitrogens is 2. The molecule has 0 fully saturated rings. The van der Waals surface area contributed by atoms with E-state index < -0.39 is 17.7 Å². The van der Waals surface area contributed by atoms with Gasteiger partial charge in [-0.05, 0) is 41.8 Å². The molecule has 3 aromatic rings. The van der Waals surface area contributed by atoms with E-state index in [9.17, 15) is 18.8 Å². The summed E-state index contributed by atoms with van der Waals surface area (Å²) in [7, 11) is 0. The van der Waals surface area contributed by atoms with Crippen molar-refractivity contribution >= 4 is 17.7 Å². The van der Waals surface area contributed by atoms with Crippen molar-refractivity contribution in [2.45, 2.75) is 33.9 Å². The van der Waals surface area contributed by atoms with Gasteiger partial charge < -0.3 is 21.1 Å². The number of nitrogens with one attached hydrogen (secondary N) is 2. The summed E-state index contributed by atoms with van der Waals surface area (Å²) in [4.78, 5) is 43.6. The van der Waals surface area contributed by atoms with Crippen molar-refractivity contribution in [3.05, 3.63) is 88.8 Å². The lowest BCUT2D eigenvalue weighted by Crippen LogP contribution is -2.27. The highest BCUT2D eigenvalue weighted by Crippen LogP contribution is 2.13. The van der Waals surface area contributed by atoms with Gasteiger partial charge in [0.05, 0.1) is 0 Å². The summed E-state index contributed by atoms with van der Waals surface area (Å²) in [6, 6.07) is 12.7. The van der Waals surface area contributed by atoms with Crippen LogP contribution in [0.15, 0.2) is 54.9 Å². The molecular weight excluding hydrogens is 453 g/mol. The lowest BCUT2D eigenvalue weighted by Gasteiger charge is -2.09. The molecule has 2 aromatic carbocycles. The van der Waals surface area contributed by atoms with E-state index in [0.717, 1.165) is 17.5 Å². The Balaban J connectivity index is 0.00000210. The van der Waals surface area contributed by atoms with Gasteiger partial charge in [-0.2, -0.15) is 0 Å². The SMILES string of the molecule is CC.Cc1cc(CNC(=O)c2cc(C(=O)NCc3cccc(OCC(N)=O)c3)ncn2)ccc1F. The Bertz CT molecular complexity index is 1190. The highest BCUT2D eigenvalue weighted by Gasteiger charge is 2.13. The number of nitrogens with zero attached hydrogens (tertiary/aromatic N) is 2. The summed E-state index contributed by atoms with van der Waals surface area (Å²) in [6.07, 6.45) is 1.13. The number of rotatable bonds is 9. The van der Waals surface area contributed by atoms with Crippen LogP contribution in [-0.4, -0.2) is 34.3 Å². The maximum atomic E-state index is 13.4. The summed E-state index contributed by atoms with van der Waals surface area (Å²) >= 11 is 0. The van der Waals surface area contributed by atoms with Crippen LogP contribution >= 0.6 is 0 Å². The molecule has 0 spiro atoms. The monoisotopic (exact) mass is 481 g/mol. The maximum absolute atomic E-state index is 13.4. The van der Waals surface area contributed by atoms with E-state index in [2.05, 4.69) is 20.6 Å². The van der Waals surface area contributed by atoms with Crippen LogP contribution in [0.4, 0.5) is 4.39 Å². The van der Waals surface area contributed by atoms with Crippen molar-refractivity contribution in [3.8, 4) is 5.75 Å². The number of hydrogen-bond acceptors (Lipinski definition) is 6. The van der Waals surface area contributed by atoms with Gasteiger partial charge in [0, 0.05) is 19.2 Å². The average molecular weight is 482 g/mol. The van der Waals surface area contributed by atoms with Crippen molar-refractivity contribution in [2.24, 2.45) is 5.73 Å². The lowest BCUT2D eigenvalue weighted by atomic mass is 10.1. The second-order valence-electron chi connectivity index (χ2n) is 7.14. The summed E-state index contributed by atoms with van der Waals surface area (Å²) < 4.78 is 18.6. The molecule has 9 nitrogen and oxygen atoms in total. The predicted molar refractivity (Wildman–Crippen MR) is 128 cm³/mol. The lowest BCUT2D eigenvalue weighted by molar-refractivity contribution is -0.119. The second-order valence-corrected chi connectivity index (χ2v) is 7.14. The molecule has 0 atom stereocenters. The molecule has 0 bridgehead atoms. The molecule has 0 aliphatic heterocycles. The summed E-state index contributed by atoms with van der Waals surface area (Å²) in [5, 5.41) is 5.38. The Kier molecular flexibility index (Phi) is 10.3. The van der Waals surface area contributed by atoms with Crippen LogP contribution in [0.5, 0.6) is 5.75 Å². The number of hydrogen-bond donors (Lipinski definition) is 3. The molecule has 184 valence electrons. The predicted octanol–water partition coefficient (Wildman–Crippen LogP) is 2.67. The van der Waals surface area contributed by atoms with Gasteiger partial charge >= 0.3 is 0 Å². The van der Waals surface area contributed by atoms with Crippen LogP contribution in [-0.2, 0) is 17.9 Å². The molecule has 3 amide bonds. The minimum absolute atomic E-state index is 0.0221. The van der Waals surface area contributed by atoms with Crippen molar-refractivity contribution in [2.75, 3.05) is 6.61 Å². The van der Waals surface area contributed by atoms with Crippen LogP contribution in [0.2, 0.25) is 0 Å². The molecule has 0 saturated heterocycles. The fourth-order valence-electron chi connectivity index (χ4n) is 2.87. The van der Waals surface area contributed by atoms with Gasteiger partial charge in [0.2, 0.25) is 0 Å². The third kappa shape index (κ3) is 8.50. The molecule has 0 aliphatic rings. The first kappa shape index (κ1) is 26.9. The quantitative estimate of drug-likeness (QED) is 0.430. The Labute approximate surface area is 202 Å². The van der Waals surface area contributed by atoms with Crippen molar-refractivity contribution in [3.63, 3.8) is 0 Å². The smallest absolute Gasteiger partial charge is 0.270 e. The number of ether oxygens (including phenoxy) is 1. The van der Waals surface area contributed by atoms with E-state index >= 15 is 0 Å². The molecule has 0 saturated carbocycles. The summed E-state index contributed by atoms with van der Waals surface area (Å²) in [5.41, 5.74) is 7.05. The first-order valence-electron chi connectivity index (χ1n) is 11.0. The van der Waals surface area contributed by atoms with Crippen molar-refractivity contribution < 1.29 is 23.5 Å². The van der Waals surface area contributed by atoms with E-state index in [0.29, 0.717) is 11.3 Å². The van der Waals surface area contributed by atoms with Crippen LogP contribution in [0.3, 0.4) is 0 Å². The molecule has 0 unspecified atom stereocenters. The highest BCUT2D eigenvalue weighted by atomic mass is 19.1. The Morgan fingerprint density at radius 3 is 2.09 bits per heavy atom. The van der Waals surface area contributed by atoms with E-state index in [1.54, 1.807) is 43.3 Å². The minimum atomic E-state index is -0.593. The summed E-state index contributed by atoms with van der Waals surface area (Å²) in [6.45, 7) is 5.74. The largest absolute Gasteiger partial charge is 0.484 e. The van der Waals surface area contributed by atoms with Gasteiger partial charge in [-0.1, -0.05) is 38.1 Å². The van der Waals surface area contributed by atoms with Crippen molar-refractivity contribution in [1.82, 2.24) is 20.6 Å². The van der Waals surface area contributed by atoms with Gasteiger partial charge in [0.15, 0.2) is 6.61 Å². The molecule has 0 aliphatic carbocycles. The average Bonchev–Trinajstić information content (AvgIpc) is 2.88. The third-order valence-electron chi connectivity index (χ3n) is 4.54. The highest BCUT2D eigenvalue weighted by molar-refractivity contribution is 5.97. The fraction of sp³-hybridized carbons (Fsp3) is 0.240. The number of benzene rings is 2. The summed E-state index contributed by atoms with van der Waals surface area (Å²) in [5.74, 6) is -1.46. The fourth-order valence-corrected chi connectivity index (χ4v) is 2.87. The number of amides is 3. The van der Waals surface area contributed by atoms with Crippen LogP contribution in [0, 0.1) is 12.7 Å². The van der Waals surface area contributed by atoms with Crippen LogP contribution < -0.4 is 21.1 Å². The minimum Gasteiger partial charge on any atom is -0.484 e. The number of primary amides is 1. The van der Waals surface area contributed by atoms with Gasteiger partial charge in [0.1, 0.15) is 29.3 Å². The zero-order valence-corrected chi connectivity index (χ0v) is 19.8. The molecule has 0 radical (unpaired) electrons. The number of aryl methyl sites for hydroxylation is 1. The van der Waals surface area contributed by atoms with Crippen LogP contribution in [0.25, 0.3) is 0 Å². The first-order chi connectivity index (χ1) is 16.8. The van der Waals surface area contributed by atoms with Crippen molar-refractivity contribution in [1.29, 1.82) is 0 Å². The van der Waals surface area contributed by atoms with Gasteiger partial charge in [0.25, 0.3) is 17.7 Å². The van der Waals surface area contributed by atoms with E-state index in [1.807, 2.05) is 13.8 Å². The number of carbonyl (C=O) groups excluding carboxylic acids is 3. The van der Waals surface area contributed by atoms with E-state index in [-0.39, 0.29) is 36.9 Å². The molecular formula is C25H28FN5O4. The van der Waals surface area contributed by atoms with E-state index in [1.165, 1.54) is 12.1 Å². The van der Waals surface area contributed by atoms with Crippen LogP contribution in [0.1, 0.15) is 51.5 Å². The molecule has 3 rings (SSSR count). The molecule has 1 aromatic heterocycles. The Morgan fingerprint density at radius 2 is 1.51 bits per heavy atom. The molecule has 1 heterocycles. The number of nitrogens with two attached hydrogens (primary N) is 1. The maximum Gasteiger partial charge on any atom is 0.270 e. The van der Waals surface area contributed by atoms with Gasteiger partial charge in [-0.15, -0.1) is 0 Å². The molecule has 10 heteroatoms. The zero-order valence-electron chi connectivity index (χ0n) is 19.8. The number of carbonyl (C=O) groups is 3. The normalized spacial score (nSPS) is 9.94. The zero-order chi connectivity index (χ0) is 25.8. The Morgan fingerprint density at radius 1 is 0.914 bits per heavy atom. The molecule has 4 N–H and O–H groups in total. The van der Waals surface area contributed by atoms with E-state index in [4.69, 9.17) is 10.5 Å². The topological polar surface area (TPSA) is 136 Å². The third-order valence-corrected chi connectivity index (χ3v) is 4.54. The molecule has 35 heavy (non-hydrogen) atoms. The second kappa shape index (κ2) is 13.4. The van der Waals surface area contributed by atoms with Gasteiger partial charge in [-0.25, -0.2) is 14.4 Å².